The van der Waals surface area contributed by atoms with Crippen LogP contribution in [-0.2, 0) is 17.8 Å². The van der Waals surface area contributed by atoms with Crippen molar-refractivity contribution in [1.82, 2.24) is 0 Å². The van der Waals surface area contributed by atoms with E-state index in [9.17, 15) is 14.9 Å². The molecule has 9 nitrogen and oxygen atoms in total. The highest BCUT2D eigenvalue weighted by Gasteiger charge is 2.22. The number of nitrogens with one attached hydrogen (secondary N) is 2. The Morgan fingerprint density at radius 2 is 1.36 bits per heavy atom. The molecule has 3 aromatic carbocycles. The predicted octanol–water partition coefficient (Wildman–Crippen LogP) is 4.62. The van der Waals surface area contributed by atoms with Crippen molar-refractivity contribution in [2.24, 2.45) is 0 Å². The molecule has 0 heterocycles. The molecule has 0 aliphatic heterocycles. The number of methoxy groups -OCH3 is 3. The van der Waals surface area contributed by atoms with Crippen LogP contribution in [0.2, 0.25) is 0 Å². The van der Waals surface area contributed by atoms with Gasteiger partial charge in [0.25, 0.3) is 5.69 Å². The number of ether oxygens (including phenoxy) is 3. The van der Waals surface area contributed by atoms with Crippen molar-refractivity contribution in [2.75, 3.05) is 32.0 Å². The van der Waals surface area contributed by atoms with Gasteiger partial charge in [-0.05, 0) is 35.4 Å². The highest BCUT2D eigenvalue weighted by molar-refractivity contribution is 6.00. The van der Waals surface area contributed by atoms with Gasteiger partial charge in [-0.1, -0.05) is 24.3 Å². The lowest BCUT2D eigenvalue weighted by molar-refractivity contribution is -0.384. The first-order chi connectivity index (χ1) is 15.9. The number of hydrogen-bond acceptors (Lipinski definition) is 8. The molecule has 2 N–H and O–H groups in total. The summed E-state index contributed by atoms with van der Waals surface area (Å²) in [4.78, 5) is 23.4. The Labute approximate surface area is 191 Å². The summed E-state index contributed by atoms with van der Waals surface area (Å²) in [6, 6.07) is 17.5. The van der Waals surface area contributed by atoms with Crippen molar-refractivity contribution in [3.8, 4) is 11.5 Å². The van der Waals surface area contributed by atoms with Gasteiger partial charge in [0.05, 0.1) is 43.2 Å². The number of nitro benzene ring substituents is 1. The maximum atomic E-state index is 12.5. The van der Waals surface area contributed by atoms with Gasteiger partial charge in [-0.25, -0.2) is 4.79 Å². The minimum atomic E-state index is -0.677. The molecule has 3 aromatic rings. The molecule has 33 heavy (non-hydrogen) atoms. The molecule has 9 heteroatoms. The topological polar surface area (TPSA) is 112 Å². The van der Waals surface area contributed by atoms with Crippen LogP contribution in [0.25, 0.3) is 0 Å². The molecule has 0 saturated carbocycles. The van der Waals surface area contributed by atoms with E-state index in [0.717, 1.165) is 22.6 Å². The summed E-state index contributed by atoms with van der Waals surface area (Å²) >= 11 is 0. The van der Waals surface area contributed by atoms with E-state index in [1.165, 1.54) is 19.2 Å². The predicted molar refractivity (Wildman–Crippen MR) is 125 cm³/mol. The molecule has 172 valence electrons. The molecule has 0 aliphatic carbocycles. The lowest BCUT2D eigenvalue weighted by atomic mass is 10.1. The molecule has 0 bridgehead atoms. The average Bonchev–Trinajstić information content (AvgIpc) is 2.86. The van der Waals surface area contributed by atoms with Gasteiger partial charge in [-0.2, -0.15) is 0 Å². The van der Waals surface area contributed by atoms with Crippen LogP contribution in [0.4, 0.5) is 17.1 Å². The molecule has 0 radical (unpaired) electrons. The Balaban J connectivity index is 1.93. The van der Waals surface area contributed by atoms with Crippen LogP contribution < -0.4 is 20.1 Å². The highest BCUT2D eigenvalue weighted by Crippen LogP contribution is 2.33. The van der Waals surface area contributed by atoms with Gasteiger partial charge in [-0.15, -0.1) is 0 Å². The fourth-order valence-electron chi connectivity index (χ4n) is 3.21. The summed E-state index contributed by atoms with van der Waals surface area (Å²) in [5.41, 5.74) is 2.54. The molecule has 0 aromatic heterocycles. The molecule has 0 aliphatic rings. The minimum Gasteiger partial charge on any atom is -0.497 e. The minimum absolute atomic E-state index is 0.0671. The Morgan fingerprint density at radius 1 is 0.848 bits per heavy atom. The third-order valence-electron chi connectivity index (χ3n) is 5.01. The van der Waals surface area contributed by atoms with Gasteiger partial charge in [0, 0.05) is 25.2 Å². The molecule has 0 saturated heterocycles. The Bertz CT molecular complexity index is 1110. The molecule has 3 rings (SSSR count). The van der Waals surface area contributed by atoms with E-state index in [0.29, 0.717) is 24.5 Å². The zero-order valence-corrected chi connectivity index (χ0v) is 18.6. The average molecular weight is 451 g/mol. The molecular formula is C24H25N3O6. The fraction of sp³-hybridized carbons (Fsp3) is 0.208. The largest absolute Gasteiger partial charge is 0.497 e. The Morgan fingerprint density at radius 3 is 1.82 bits per heavy atom. The van der Waals surface area contributed by atoms with Crippen LogP contribution in [0.3, 0.4) is 0 Å². The van der Waals surface area contributed by atoms with Crippen LogP contribution in [0.5, 0.6) is 11.5 Å². The summed E-state index contributed by atoms with van der Waals surface area (Å²) in [5, 5.41) is 17.9. The number of non-ortho nitro benzene ring substituents is 1. The second kappa shape index (κ2) is 10.9. The summed E-state index contributed by atoms with van der Waals surface area (Å²) in [7, 11) is 4.41. The van der Waals surface area contributed by atoms with Crippen LogP contribution in [0.15, 0.2) is 60.7 Å². The number of benzene rings is 3. The number of hydrogen-bond donors (Lipinski definition) is 2. The van der Waals surface area contributed by atoms with Crippen molar-refractivity contribution in [2.45, 2.75) is 13.1 Å². The van der Waals surface area contributed by atoms with Crippen molar-refractivity contribution >= 4 is 23.0 Å². The normalized spacial score (nSPS) is 10.3. The smallest absolute Gasteiger partial charge is 0.340 e. The SMILES string of the molecule is COC(=O)c1cc([N+](=O)[O-])cc(NCc2ccc(OC)cc2)c1NCc1ccc(OC)cc1. The van der Waals surface area contributed by atoms with Crippen molar-refractivity contribution < 1.29 is 23.9 Å². The van der Waals surface area contributed by atoms with E-state index >= 15 is 0 Å². The second-order valence-electron chi connectivity index (χ2n) is 7.07. The van der Waals surface area contributed by atoms with Crippen molar-refractivity contribution in [1.29, 1.82) is 0 Å². The summed E-state index contributed by atoms with van der Waals surface area (Å²) in [6.45, 7) is 0.756. The zero-order valence-electron chi connectivity index (χ0n) is 18.6. The molecular weight excluding hydrogens is 426 g/mol. The van der Waals surface area contributed by atoms with Crippen LogP contribution >= 0.6 is 0 Å². The van der Waals surface area contributed by atoms with Gasteiger partial charge in [0.15, 0.2) is 0 Å². The molecule has 0 unspecified atom stereocenters. The van der Waals surface area contributed by atoms with E-state index in [1.807, 2.05) is 48.5 Å². The quantitative estimate of drug-likeness (QED) is 0.261. The van der Waals surface area contributed by atoms with Gasteiger partial charge in [-0.3, -0.25) is 10.1 Å². The van der Waals surface area contributed by atoms with Crippen LogP contribution in [0, 0.1) is 10.1 Å². The number of carbonyl (C=O) groups is 1. The van der Waals surface area contributed by atoms with E-state index in [4.69, 9.17) is 14.2 Å². The van der Waals surface area contributed by atoms with E-state index in [1.54, 1.807) is 14.2 Å². The summed E-state index contributed by atoms with van der Waals surface area (Å²) in [5.74, 6) is 0.776. The molecule has 0 fully saturated rings. The van der Waals surface area contributed by atoms with Crippen LogP contribution in [-0.4, -0.2) is 32.2 Å². The maximum Gasteiger partial charge on any atom is 0.340 e. The molecule has 0 atom stereocenters. The Hall–Kier alpha value is -4.27. The van der Waals surface area contributed by atoms with Gasteiger partial charge in [0.1, 0.15) is 11.5 Å². The maximum absolute atomic E-state index is 12.5. The van der Waals surface area contributed by atoms with Crippen LogP contribution in [0.1, 0.15) is 21.5 Å². The van der Waals surface area contributed by atoms with E-state index in [2.05, 4.69) is 10.6 Å². The standard InChI is InChI=1S/C24H25N3O6/c1-31-19-8-4-16(5-9-19)14-25-22-13-18(27(29)30)12-21(24(28)33-3)23(22)26-15-17-6-10-20(32-2)11-7-17/h4-13,25-26H,14-15H2,1-3H3. The van der Waals surface area contributed by atoms with E-state index < -0.39 is 10.9 Å². The van der Waals surface area contributed by atoms with Gasteiger partial charge < -0.3 is 24.8 Å². The second-order valence-corrected chi connectivity index (χ2v) is 7.07. The monoisotopic (exact) mass is 451 g/mol. The summed E-state index contributed by atoms with van der Waals surface area (Å²) < 4.78 is 15.2. The first-order valence-electron chi connectivity index (χ1n) is 10.1. The number of rotatable bonds is 10. The van der Waals surface area contributed by atoms with Gasteiger partial charge >= 0.3 is 5.97 Å². The first-order valence-corrected chi connectivity index (χ1v) is 10.1. The summed E-state index contributed by atoms with van der Waals surface area (Å²) in [6.07, 6.45) is 0. The number of carbonyl (C=O) groups excluding carboxylic acids is 1. The third kappa shape index (κ3) is 5.91. The Kier molecular flexibility index (Phi) is 7.69. The number of nitro groups is 1. The fourth-order valence-corrected chi connectivity index (χ4v) is 3.21. The first kappa shape index (κ1) is 23.4. The molecule has 0 amide bonds. The van der Waals surface area contributed by atoms with Gasteiger partial charge in [0.2, 0.25) is 0 Å². The lowest BCUT2D eigenvalue weighted by Gasteiger charge is -2.17. The van der Waals surface area contributed by atoms with E-state index in [-0.39, 0.29) is 11.3 Å². The highest BCUT2D eigenvalue weighted by atomic mass is 16.6. The zero-order chi connectivity index (χ0) is 23.8. The molecule has 0 spiro atoms. The number of nitrogens with zero attached hydrogens (tertiary/aromatic N) is 1. The van der Waals surface area contributed by atoms with Crippen molar-refractivity contribution in [3.63, 3.8) is 0 Å². The lowest BCUT2D eigenvalue weighted by Crippen LogP contribution is -2.12. The number of anilines is 2. The van der Waals surface area contributed by atoms with Crippen molar-refractivity contribution in [3.05, 3.63) is 87.5 Å². The number of esters is 1. The third-order valence-corrected chi connectivity index (χ3v) is 5.01.